The summed E-state index contributed by atoms with van der Waals surface area (Å²) in [6.45, 7) is 1.38. The van der Waals surface area contributed by atoms with Crippen molar-refractivity contribution in [1.82, 2.24) is 0 Å². The second-order valence-corrected chi connectivity index (χ2v) is 6.19. The Labute approximate surface area is 163 Å². The van der Waals surface area contributed by atoms with Crippen molar-refractivity contribution in [3.8, 4) is 5.75 Å². The van der Waals surface area contributed by atoms with E-state index in [9.17, 15) is 14.4 Å². The zero-order chi connectivity index (χ0) is 19.9. The molecule has 5 nitrogen and oxygen atoms in total. The van der Waals surface area contributed by atoms with E-state index in [2.05, 4.69) is 5.32 Å². The highest BCUT2D eigenvalue weighted by Gasteiger charge is 2.09. The monoisotopic (exact) mass is 373 g/mol. The van der Waals surface area contributed by atoms with Gasteiger partial charge < -0.3 is 10.1 Å². The molecule has 0 aliphatic heterocycles. The number of hydrogen-bond acceptors (Lipinski definition) is 4. The maximum Gasteiger partial charge on any atom is 0.255 e. The van der Waals surface area contributed by atoms with Crippen molar-refractivity contribution >= 4 is 23.2 Å². The van der Waals surface area contributed by atoms with Crippen molar-refractivity contribution in [3.63, 3.8) is 0 Å². The number of carbonyl (C=O) groups excluding carboxylic acids is 3. The molecule has 140 valence electrons. The fourth-order valence-corrected chi connectivity index (χ4v) is 2.55. The van der Waals surface area contributed by atoms with Gasteiger partial charge in [-0.15, -0.1) is 0 Å². The second-order valence-electron chi connectivity index (χ2n) is 6.19. The number of nitrogens with one attached hydrogen (secondary N) is 1. The molecule has 0 aromatic heterocycles. The van der Waals surface area contributed by atoms with Crippen LogP contribution < -0.4 is 10.1 Å². The topological polar surface area (TPSA) is 72.5 Å². The van der Waals surface area contributed by atoms with Crippen molar-refractivity contribution < 1.29 is 19.1 Å². The van der Waals surface area contributed by atoms with Gasteiger partial charge in [0.1, 0.15) is 5.75 Å². The number of anilines is 1. The van der Waals surface area contributed by atoms with Crippen molar-refractivity contribution in [2.75, 3.05) is 11.9 Å². The van der Waals surface area contributed by atoms with Crippen molar-refractivity contribution in [2.24, 2.45) is 0 Å². The molecule has 1 amide bonds. The number of hydrogen-bond donors (Lipinski definition) is 1. The lowest BCUT2D eigenvalue weighted by Crippen LogP contribution is -2.13. The van der Waals surface area contributed by atoms with E-state index < -0.39 is 0 Å². The highest BCUT2D eigenvalue weighted by molar-refractivity contribution is 6.04. The Hall–Kier alpha value is -3.73. The quantitative estimate of drug-likeness (QED) is 0.623. The summed E-state index contributed by atoms with van der Waals surface area (Å²) in [5.41, 5.74) is 2.24. The molecule has 0 unspecified atom stereocenters. The van der Waals surface area contributed by atoms with Gasteiger partial charge in [-0.3, -0.25) is 14.4 Å². The lowest BCUT2D eigenvalue weighted by Gasteiger charge is -2.08. The fourth-order valence-electron chi connectivity index (χ4n) is 2.55. The molecule has 0 saturated heterocycles. The number of carbonyl (C=O) groups is 3. The van der Waals surface area contributed by atoms with Crippen molar-refractivity contribution in [2.45, 2.75) is 6.92 Å². The Morgan fingerprint density at radius 2 is 1.36 bits per heavy atom. The second kappa shape index (κ2) is 8.77. The van der Waals surface area contributed by atoms with Gasteiger partial charge in [0.05, 0.1) is 0 Å². The number of benzene rings is 3. The van der Waals surface area contributed by atoms with Crippen LogP contribution in [0.15, 0.2) is 78.9 Å². The largest absolute Gasteiger partial charge is 0.485 e. The van der Waals surface area contributed by atoms with E-state index in [-0.39, 0.29) is 24.1 Å². The first kappa shape index (κ1) is 19.0. The Balaban J connectivity index is 1.56. The average Bonchev–Trinajstić information content (AvgIpc) is 2.73. The zero-order valence-corrected chi connectivity index (χ0v) is 15.3. The molecule has 28 heavy (non-hydrogen) atoms. The van der Waals surface area contributed by atoms with Gasteiger partial charge in [-0.25, -0.2) is 0 Å². The highest BCUT2D eigenvalue weighted by atomic mass is 16.5. The molecule has 0 radical (unpaired) electrons. The van der Waals surface area contributed by atoms with Crippen LogP contribution in [0, 0.1) is 0 Å². The standard InChI is InChI=1S/C23H19NO4/c1-16(25)17-9-13-21(14-10-17)28-15-22(26)18-7-11-20(12-8-18)24-23(27)19-5-3-2-4-6-19/h2-14H,15H2,1H3,(H,24,27). The van der Waals surface area contributed by atoms with E-state index in [1.54, 1.807) is 72.8 Å². The van der Waals surface area contributed by atoms with Crippen LogP contribution in [-0.4, -0.2) is 24.1 Å². The maximum atomic E-state index is 12.3. The predicted molar refractivity (Wildman–Crippen MR) is 107 cm³/mol. The number of ether oxygens (including phenoxy) is 1. The summed E-state index contributed by atoms with van der Waals surface area (Å²) in [5.74, 6) is 0.0979. The molecule has 0 saturated carbocycles. The minimum atomic E-state index is -0.211. The summed E-state index contributed by atoms with van der Waals surface area (Å²) in [4.78, 5) is 35.7. The summed E-state index contributed by atoms with van der Waals surface area (Å²) in [6.07, 6.45) is 0. The Morgan fingerprint density at radius 1 is 0.750 bits per heavy atom. The van der Waals surface area contributed by atoms with Gasteiger partial charge >= 0.3 is 0 Å². The minimum absolute atomic E-state index is 0.0259. The van der Waals surface area contributed by atoms with Crippen LogP contribution in [-0.2, 0) is 0 Å². The molecule has 0 atom stereocenters. The third-order valence-corrected chi connectivity index (χ3v) is 4.13. The third-order valence-electron chi connectivity index (χ3n) is 4.13. The third kappa shape index (κ3) is 4.92. The number of Topliss-reactive ketones (excluding diaryl/α,β-unsaturated/α-hetero) is 2. The fraction of sp³-hybridized carbons (Fsp3) is 0.0870. The molecule has 3 rings (SSSR count). The molecular weight excluding hydrogens is 354 g/mol. The lowest BCUT2D eigenvalue weighted by atomic mass is 10.1. The van der Waals surface area contributed by atoms with Crippen molar-refractivity contribution in [1.29, 1.82) is 0 Å². The molecule has 3 aromatic rings. The highest BCUT2D eigenvalue weighted by Crippen LogP contribution is 2.15. The molecule has 0 fully saturated rings. The van der Waals surface area contributed by atoms with Crippen LogP contribution in [0.25, 0.3) is 0 Å². The molecule has 1 N–H and O–H groups in total. The molecule has 0 aliphatic rings. The molecule has 0 heterocycles. The first-order chi connectivity index (χ1) is 13.5. The zero-order valence-electron chi connectivity index (χ0n) is 15.3. The molecule has 5 heteroatoms. The molecular formula is C23H19NO4. The van der Waals surface area contributed by atoms with Gasteiger partial charge in [0, 0.05) is 22.4 Å². The van der Waals surface area contributed by atoms with E-state index in [1.165, 1.54) is 6.92 Å². The predicted octanol–water partition coefficient (Wildman–Crippen LogP) is 4.40. The molecule has 3 aromatic carbocycles. The van der Waals surface area contributed by atoms with Crippen LogP contribution >= 0.6 is 0 Å². The van der Waals surface area contributed by atoms with Crippen LogP contribution in [0.5, 0.6) is 5.75 Å². The summed E-state index contributed by atoms with van der Waals surface area (Å²) in [7, 11) is 0. The van der Waals surface area contributed by atoms with Gasteiger partial charge in [-0.05, 0) is 67.6 Å². The SMILES string of the molecule is CC(=O)c1ccc(OCC(=O)c2ccc(NC(=O)c3ccccc3)cc2)cc1. The van der Waals surface area contributed by atoms with Gasteiger partial charge in [0.2, 0.25) is 0 Å². The van der Waals surface area contributed by atoms with Gasteiger partial charge in [-0.1, -0.05) is 18.2 Å². The van der Waals surface area contributed by atoms with Crippen LogP contribution in [0.3, 0.4) is 0 Å². The van der Waals surface area contributed by atoms with E-state index >= 15 is 0 Å². The molecule has 0 aliphatic carbocycles. The smallest absolute Gasteiger partial charge is 0.255 e. The lowest BCUT2D eigenvalue weighted by molar-refractivity contribution is 0.0920. The van der Waals surface area contributed by atoms with Crippen LogP contribution in [0.1, 0.15) is 38.0 Å². The first-order valence-electron chi connectivity index (χ1n) is 8.76. The minimum Gasteiger partial charge on any atom is -0.485 e. The van der Waals surface area contributed by atoms with E-state index in [0.717, 1.165) is 0 Å². The van der Waals surface area contributed by atoms with Crippen molar-refractivity contribution in [3.05, 3.63) is 95.6 Å². The Bertz CT molecular complexity index is 977. The van der Waals surface area contributed by atoms with Crippen LogP contribution in [0.4, 0.5) is 5.69 Å². The van der Waals surface area contributed by atoms with E-state index in [4.69, 9.17) is 4.74 Å². The molecule has 0 spiro atoms. The summed E-state index contributed by atoms with van der Waals surface area (Å²) >= 11 is 0. The summed E-state index contributed by atoms with van der Waals surface area (Å²) < 4.78 is 5.48. The Morgan fingerprint density at radius 3 is 1.96 bits per heavy atom. The van der Waals surface area contributed by atoms with Gasteiger partial charge in [-0.2, -0.15) is 0 Å². The summed E-state index contributed by atoms with van der Waals surface area (Å²) in [6, 6.07) is 22.2. The Kier molecular flexibility index (Phi) is 5.97. The van der Waals surface area contributed by atoms with Gasteiger partial charge in [0.15, 0.2) is 18.2 Å². The van der Waals surface area contributed by atoms with E-state index in [1.807, 2.05) is 6.07 Å². The average molecular weight is 373 g/mol. The normalized spacial score (nSPS) is 10.2. The molecule has 0 bridgehead atoms. The maximum absolute atomic E-state index is 12.3. The van der Waals surface area contributed by atoms with E-state index in [0.29, 0.717) is 28.1 Å². The van der Waals surface area contributed by atoms with Crippen LogP contribution in [0.2, 0.25) is 0 Å². The number of rotatable bonds is 7. The summed E-state index contributed by atoms with van der Waals surface area (Å²) in [5, 5.41) is 2.79. The number of ketones is 2. The number of amides is 1. The first-order valence-corrected chi connectivity index (χ1v) is 8.76. The van der Waals surface area contributed by atoms with Gasteiger partial charge in [0.25, 0.3) is 5.91 Å².